The maximum Gasteiger partial charge on any atom is 0.329 e. The molecule has 26 heavy (non-hydrogen) atoms. The average Bonchev–Trinajstić information content (AvgIpc) is 2.68. The van der Waals surface area contributed by atoms with Crippen LogP contribution < -0.4 is 20.2 Å². The molecule has 7 nitrogen and oxygen atoms in total. The van der Waals surface area contributed by atoms with E-state index < -0.39 is 11.8 Å². The Morgan fingerprint density at radius 1 is 1.04 bits per heavy atom. The minimum Gasteiger partial charge on any atom is -0.497 e. The SMILES string of the molecule is COc1ccc(OC)c(C=NNC(=O)C(=O)N[C@H](C)c2ccccc2)c1. The summed E-state index contributed by atoms with van der Waals surface area (Å²) in [5.74, 6) is -0.444. The first-order valence-electron chi connectivity index (χ1n) is 7.96. The molecule has 1 atom stereocenters. The van der Waals surface area contributed by atoms with Crippen molar-refractivity contribution in [3.8, 4) is 11.5 Å². The van der Waals surface area contributed by atoms with Gasteiger partial charge in [0.25, 0.3) is 0 Å². The maximum absolute atomic E-state index is 12.0. The summed E-state index contributed by atoms with van der Waals surface area (Å²) in [6, 6.07) is 14.2. The zero-order chi connectivity index (χ0) is 18.9. The monoisotopic (exact) mass is 355 g/mol. The summed E-state index contributed by atoms with van der Waals surface area (Å²) in [5, 5.41) is 6.42. The molecule has 2 rings (SSSR count). The first kappa shape index (κ1) is 19.0. The van der Waals surface area contributed by atoms with Gasteiger partial charge in [-0.05, 0) is 30.7 Å². The second-order valence-electron chi connectivity index (χ2n) is 5.41. The van der Waals surface area contributed by atoms with Crippen molar-refractivity contribution in [1.29, 1.82) is 0 Å². The molecule has 0 saturated heterocycles. The van der Waals surface area contributed by atoms with Crippen molar-refractivity contribution in [2.45, 2.75) is 13.0 Å². The van der Waals surface area contributed by atoms with Crippen molar-refractivity contribution in [3.63, 3.8) is 0 Å². The first-order chi connectivity index (χ1) is 12.5. The van der Waals surface area contributed by atoms with Crippen LogP contribution in [0.1, 0.15) is 24.1 Å². The van der Waals surface area contributed by atoms with Crippen LogP contribution in [0.15, 0.2) is 53.6 Å². The molecule has 0 spiro atoms. The summed E-state index contributed by atoms with van der Waals surface area (Å²) in [7, 11) is 3.07. The fraction of sp³-hybridized carbons (Fsp3) is 0.211. The van der Waals surface area contributed by atoms with E-state index in [2.05, 4.69) is 15.8 Å². The smallest absolute Gasteiger partial charge is 0.329 e. The number of nitrogens with one attached hydrogen (secondary N) is 2. The quantitative estimate of drug-likeness (QED) is 0.471. The molecule has 0 aliphatic heterocycles. The summed E-state index contributed by atoms with van der Waals surface area (Å²) in [4.78, 5) is 23.8. The standard InChI is InChI=1S/C19H21N3O4/c1-13(14-7-5-4-6-8-14)21-18(23)19(24)22-20-12-15-11-16(25-2)9-10-17(15)26-3/h4-13H,1-3H3,(H,21,23)(H,22,24)/t13-/m1/s1. The van der Waals surface area contributed by atoms with E-state index in [0.29, 0.717) is 17.1 Å². The van der Waals surface area contributed by atoms with Crippen LogP contribution in [0.5, 0.6) is 11.5 Å². The molecule has 0 radical (unpaired) electrons. The highest BCUT2D eigenvalue weighted by Crippen LogP contribution is 2.22. The zero-order valence-corrected chi connectivity index (χ0v) is 14.9. The molecule has 0 saturated carbocycles. The summed E-state index contributed by atoms with van der Waals surface area (Å²) >= 11 is 0. The largest absolute Gasteiger partial charge is 0.497 e. The third-order valence-electron chi connectivity index (χ3n) is 3.66. The minimum absolute atomic E-state index is 0.295. The highest BCUT2D eigenvalue weighted by atomic mass is 16.5. The van der Waals surface area contributed by atoms with E-state index in [9.17, 15) is 9.59 Å². The predicted molar refractivity (Wildman–Crippen MR) is 98.3 cm³/mol. The van der Waals surface area contributed by atoms with Gasteiger partial charge in [-0.2, -0.15) is 5.10 Å². The van der Waals surface area contributed by atoms with Gasteiger partial charge in [0.15, 0.2) is 0 Å². The highest BCUT2D eigenvalue weighted by molar-refractivity contribution is 6.35. The number of hydrazone groups is 1. The van der Waals surface area contributed by atoms with Gasteiger partial charge in [-0.25, -0.2) is 5.43 Å². The van der Waals surface area contributed by atoms with Crippen LogP contribution in [0, 0.1) is 0 Å². The molecule has 2 amide bonds. The Hall–Kier alpha value is -3.35. The third-order valence-corrected chi connectivity index (χ3v) is 3.66. The molecular weight excluding hydrogens is 334 g/mol. The molecule has 0 aromatic heterocycles. The molecule has 7 heteroatoms. The fourth-order valence-corrected chi connectivity index (χ4v) is 2.24. The van der Waals surface area contributed by atoms with Crippen molar-refractivity contribution in [2.24, 2.45) is 5.10 Å². The topological polar surface area (TPSA) is 89.0 Å². The highest BCUT2D eigenvalue weighted by Gasteiger charge is 2.16. The van der Waals surface area contributed by atoms with E-state index in [0.717, 1.165) is 5.56 Å². The predicted octanol–water partition coefficient (Wildman–Crippen LogP) is 2.03. The fourth-order valence-electron chi connectivity index (χ4n) is 2.24. The number of rotatable bonds is 6. The van der Waals surface area contributed by atoms with Crippen LogP contribution in [0.2, 0.25) is 0 Å². The molecule has 2 aromatic rings. The van der Waals surface area contributed by atoms with Crippen molar-refractivity contribution < 1.29 is 19.1 Å². The van der Waals surface area contributed by atoms with Crippen LogP contribution in [-0.4, -0.2) is 32.2 Å². The maximum atomic E-state index is 12.0. The molecule has 0 aliphatic rings. The number of nitrogens with zero attached hydrogens (tertiary/aromatic N) is 1. The molecule has 0 aliphatic carbocycles. The van der Waals surface area contributed by atoms with E-state index in [1.807, 2.05) is 30.3 Å². The lowest BCUT2D eigenvalue weighted by Gasteiger charge is -2.13. The second-order valence-corrected chi connectivity index (χ2v) is 5.41. The average molecular weight is 355 g/mol. The number of carbonyl (C=O) groups is 2. The van der Waals surface area contributed by atoms with Crippen LogP contribution in [0.3, 0.4) is 0 Å². The van der Waals surface area contributed by atoms with Gasteiger partial charge in [0.1, 0.15) is 11.5 Å². The van der Waals surface area contributed by atoms with E-state index in [1.54, 1.807) is 32.2 Å². The lowest BCUT2D eigenvalue weighted by molar-refractivity contribution is -0.139. The minimum atomic E-state index is -0.856. The number of methoxy groups -OCH3 is 2. The van der Waals surface area contributed by atoms with E-state index in [-0.39, 0.29) is 6.04 Å². The lowest BCUT2D eigenvalue weighted by atomic mass is 10.1. The summed E-state index contributed by atoms with van der Waals surface area (Å²) in [6.07, 6.45) is 1.38. The molecule has 2 N–H and O–H groups in total. The van der Waals surface area contributed by atoms with Gasteiger partial charge >= 0.3 is 11.8 Å². The van der Waals surface area contributed by atoms with Gasteiger partial charge in [-0.3, -0.25) is 9.59 Å². The Kier molecular flexibility index (Phi) is 6.73. The van der Waals surface area contributed by atoms with Crippen LogP contribution >= 0.6 is 0 Å². The van der Waals surface area contributed by atoms with Gasteiger partial charge in [0.05, 0.1) is 26.5 Å². The lowest BCUT2D eigenvalue weighted by Crippen LogP contribution is -2.39. The summed E-state index contributed by atoms with van der Waals surface area (Å²) in [5.41, 5.74) is 3.70. The number of ether oxygens (including phenoxy) is 2. The number of hydrogen-bond donors (Lipinski definition) is 2. The third kappa shape index (κ3) is 5.07. The molecule has 136 valence electrons. The second kappa shape index (κ2) is 9.22. The van der Waals surface area contributed by atoms with E-state index in [4.69, 9.17) is 9.47 Å². The van der Waals surface area contributed by atoms with Crippen molar-refractivity contribution >= 4 is 18.0 Å². The number of hydrogen-bond acceptors (Lipinski definition) is 5. The first-order valence-corrected chi connectivity index (χ1v) is 7.96. The van der Waals surface area contributed by atoms with Crippen molar-refractivity contribution in [2.75, 3.05) is 14.2 Å². The van der Waals surface area contributed by atoms with Gasteiger partial charge in [0, 0.05) is 5.56 Å². The van der Waals surface area contributed by atoms with Crippen LogP contribution in [0.4, 0.5) is 0 Å². The summed E-state index contributed by atoms with van der Waals surface area (Å²) in [6.45, 7) is 1.80. The Balaban J connectivity index is 1.95. The van der Waals surface area contributed by atoms with Gasteiger partial charge in [-0.15, -0.1) is 0 Å². The van der Waals surface area contributed by atoms with Gasteiger partial charge < -0.3 is 14.8 Å². The number of benzene rings is 2. The van der Waals surface area contributed by atoms with Gasteiger partial charge in [-0.1, -0.05) is 30.3 Å². The van der Waals surface area contributed by atoms with Crippen LogP contribution in [-0.2, 0) is 9.59 Å². The number of amides is 2. The molecule has 2 aromatic carbocycles. The zero-order valence-electron chi connectivity index (χ0n) is 14.9. The van der Waals surface area contributed by atoms with Crippen LogP contribution in [0.25, 0.3) is 0 Å². The number of carbonyl (C=O) groups excluding carboxylic acids is 2. The Morgan fingerprint density at radius 3 is 2.42 bits per heavy atom. The van der Waals surface area contributed by atoms with Gasteiger partial charge in [0.2, 0.25) is 0 Å². The Labute approximate surface area is 152 Å². The molecule has 0 unspecified atom stereocenters. The molecular formula is C19H21N3O4. The van der Waals surface area contributed by atoms with Crippen molar-refractivity contribution in [1.82, 2.24) is 10.7 Å². The van der Waals surface area contributed by atoms with E-state index >= 15 is 0 Å². The normalized spacial score (nSPS) is 11.7. The van der Waals surface area contributed by atoms with Crippen molar-refractivity contribution in [3.05, 3.63) is 59.7 Å². The molecule has 0 heterocycles. The summed E-state index contributed by atoms with van der Waals surface area (Å²) < 4.78 is 10.3. The van der Waals surface area contributed by atoms with E-state index in [1.165, 1.54) is 13.3 Å². The Morgan fingerprint density at radius 2 is 1.77 bits per heavy atom. The molecule has 0 fully saturated rings. The molecule has 0 bridgehead atoms. The Bertz CT molecular complexity index is 791.